The van der Waals surface area contributed by atoms with E-state index in [0.717, 1.165) is 56.4 Å². The molecule has 28 heavy (non-hydrogen) atoms. The monoisotopic (exact) mass is 432 g/mol. The van der Waals surface area contributed by atoms with Gasteiger partial charge in [0.15, 0.2) is 5.13 Å². The lowest BCUT2D eigenvalue weighted by Crippen LogP contribution is -2.33. The van der Waals surface area contributed by atoms with E-state index in [1.54, 1.807) is 35.2 Å². The van der Waals surface area contributed by atoms with Crippen molar-refractivity contribution in [2.45, 2.75) is 24.2 Å². The van der Waals surface area contributed by atoms with Crippen LogP contribution in [0, 0.1) is 5.92 Å². The molecule has 0 atom stereocenters. The molecule has 1 aliphatic rings. The van der Waals surface area contributed by atoms with Crippen LogP contribution in [0.25, 0.3) is 10.2 Å². The number of fused-ring (bicyclic) bond motifs is 1. The molecule has 2 heterocycles. The van der Waals surface area contributed by atoms with Crippen molar-refractivity contribution < 1.29 is 9.90 Å². The van der Waals surface area contributed by atoms with E-state index in [1.807, 2.05) is 30.3 Å². The molecule has 146 valence electrons. The number of hydrogen-bond acceptors (Lipinski definition) is 5. The molecule has 1 saturated heterocycles. The highest BCUT2D eigenvalue weighted by Crippen LogP contribution is 2.34. The molecule has 1 fully saturated rings. The summed E-state index contributed by atoms with van der Waals surface area (Å²) in [5, 5.41) is 10.9. The largest absolute Gasteiger partial charge is 0.478 e. The van der Waals surface area contributed by atoms with E-state index in [-0.39, 0.29) is 0 Å². The smallest absolute Gasteiger partial charge is 0.335 e. The fraction of sp³-hybridized carbons (Fsp3) is 0.333. The van der Waals surface area contributed by atoms with Gasteiger partial charge >= 0.3 is 5.97 Å². The molecular weight excluding hydrogens is 412 g/mol. The zero-order valence-corrected chi connectivity index (χ0v) is 17.7. The number of carboxylic acid groups (broad SMARTS) is 1. The van der Waals surface area contributed by atoms with Gasteiger partial charge in [0.05, 0.1) is 15.8 Å². The number of benzene rings is 2. The molecule has 2 aromatic carbocycles. The third kappa shape index (κ3) is 4.62. The van der Waals surface area contributed by atoms with Crippen LogP contribution in [-0.4, -0.2) is 34.9 Å². The molecule has 0 spiro atoms. The molecular formula is C21H21ClN2O2S2. The Balaban J connectivity index is 1.27. The van der Waals surface area contributed by atoms with Gasteiger partial charge in [-0.1, -0.05) is 29.0 Å². The Morgan fingerprint density at radius 3 is 2.86 bits per heavy atom. The number of carboxylic acids is 1. The van der Waals surface area contributed by atoms with Gasteiger partial charge in [-0.25, -0.2) is 9.78 Å². The van der Waals surface area contributed by atoms with Crippen molar-refractivity contribution in [3.63, 3.8) is 0 Å². The summed E-state index contributed by atoms with van der Waals surface area (Å²) in [6, 6.07) is 13.1. The number of hydrogen-bond donors (Lipinski definition) is 1. The molecule has 1 aromatic heterocycles. The Bertz CT molecular complexity index is 983. The summed E-state index contributed by atoms with van der Waals surface area (Å²) in [6.45, 7) is 2.08. The van der Waals surface area contributed by atoms with E-state index >= 15 is 0 Å². The first-order chi connectivity index (χ1) is 13.6. The maximum absolute atomic E-state index is 11.1. The average Bonchev–Trinajstić information content (AvgIpc) is 3.12. The number of thioether (sulfide) groups is 1. The predicted octanol–water partition coefficient (Wildman–Crippen LogP) is 6.05. The van der Waals surface area contributed by atoms with E-state index < -0.39 is 5.97 Å². The Morgan fingerprint density at radius 1 is 1.25 bits per heavy atom. The van der Waals surface area contributed by atoms with Crippen molar-refractivity contribution in [3.05, 3.63) is 53.1 Å². The first kappa shape index (κ1) is 19.6. The lowest BCUT2D eigenvalue weighted by Gasteiger charge is -2.31. The van der Waals surface area contributed by atoms with Crippen molar-refractivity contribution in [2.75, 3.05) is 23.7 Å². The number of halogens is 1. The maximum Gasteiger partial charge on any atom is 0.335 e. The number of aromatic carboxylic acids is 1. The first-order valence-corrected chi connectivity index (χ1v) is 11.5. The fourth-order valence-electron chi connectivity index (χ4n) is 3.50. The molecule has 0 radical (unpaired) electrons. The Morgan fingerprint density at radius 2 is 2.07 bits per heavy atom. The molecule has 7 heteroatoms. The van der Waals surface area contributed by atoms with Gasteiger partial charge in [-0.3, -0.25) is 0 Å². The van der Waals surface area contributed by atoms with E-state index in [2.05, 4.69) is 4.90 Å². The van der Waals surface area contributed by atoms with Crippen LogP contribution < -0.4 is 4.90 Å². The van der Waals surface area contributed by atoms with E-state index in [4.69, 9.17) is 21.7 Å². The number of anilines is 1. The number of carbonyl (C=O) groups is 1. The highest BCUT2D eigenvalue weighted by Gasteiger charge is 2.21. The number of rotatable bonds is 6. The molecule has 4 rings (SSSR count). The third-order valence-corrected chi connectivity index (χ3v) is 7.44. The zero-order valence-electron chi connectivity index (χ0n) is 15.3. The minimum Gasteiger partial charge on any atom is -0.478 e. The summed E-state index contributed by atoms with van der Waals surface area (Å²) in [4.78, 5) is 19.3. The molecule has 1 aliphatic heterocycles. The Hall–Kier alpha value is -1.76. The standard InChI is InChI=1S/C21H21ClN2O2S2/c22-16-4-5-18-19(13-16)28-21(23-18)24-9-6-14(7-10-24)8-11-27-17-3-1-2-15(12-17)20(25)26/h1-5,12-14H,6-11H2,(H,25,26). The van der Waals surface area contributed by atoms with Gasteiger partial charge < -0.3 is 10.0 Å². The second-order valence-electron chi connectivity index (χ2n) is 7.01. The normalized spacial score (nSPS) is 15.2. The number of thiazole rings is 1. The van der Waals surface area contributed by atoms with Crippen LogP contribution in [0.5, 0.6) is 0 Å². The lowest BCUT2D eigenvalue weighted by molar-refractivity contribution is 0.0696. The molecule has 0 saturated carbocycles. The van der Waals surface area contributed by atoms with Crippen LogP contribution in [0.15, 0.2) is 47.4 Å². The van der Waals surface area contributed by atoms with Gasteiger partial charge in [0.1, 0.15) is 0 Å². The molecule has 0 bridgehead atoms. The van der Waals surface area contributed by atoms with Crippen LogP contribution >= 0.6 is 34.7 Å². The van der Waals surface area contributed by atoms with Crippen molar-refractivity contribution in [3.8, 4) is 0 Å². The second-order valence-corrected chi connectivity index (χ2v) is 9.62. The summed E-state index contributed by atoms with van der Waals surface area (Å²) in [7, 11) is 0. The molecule has 0 unspecified atom stereocenters. The Labute approximate surface area is 177 Å². The van der Waals surface area contributed by atoms with E-state index in [0.29, 0.717) is 5.56 Å². The fourth-order valence-corrected chi connectivity index (χ4v) is 5.86. The van der Waals surface area contributed by atoms with Crippen LogP contribution in [-0.2, 0) is 0 Å². The molecule has 4 nitrogen and oxygen atoms in total. The number of piperidine rings is 1. The topological polar surface area (TPSA) is 53.4 Å². The van der Waals surface area contributed by atoms with Crippen molar-refractivity contribution in [1.82, 2.24) is 4.98 Å². The Kier molecular flexibility index (Phi) is 6.09. The lowest BCUT2D eigenvalue weighted by atomic mass is 9.95. The van der Waals surface area contributed by atoms with Gasteiger partial charge in [0.25, 0.3) is 0 Å². The van der Waals surface area contributed by atoms with Crippen molar-refractivity contribution in [2.24, 2.45) is 5.92 Å². The second kappa shape index (κ2) is 8.72. The summed E-state index contributed by atoms with van der Waals surface area (Å²) < 4.78 is 1.14. The maximum atomic E-state index is 11.1. The zero-order chi connectivity index (χ0) is 19.5. The minimum atomic E-state index is -0.869. The molecule has 3 aromatic rings. The van der Waals surface area contributed by atoms with Crippen molar-refractivity contribution >= 4 is 56.0 Å². The number of aromatic nitrogens is 1. The van der Waals surface area contributed by atoms with Crippen LogP contribution in [0.1, 0.15) is 29.6 Å². The van der Waals surface area contributed by atoms with Gasteiger partial charge in [-0.05, 0) is 67.3 Å². The van der Waals surface area contributed by atoms with Gasteiger partial charge in [0.2, 0.25) is 0 Å². The highest BCUT2D eigenvalue weighted by molar-refractivity contribution is 7.99. The summed E-state index contributed by atoms with van der Waals surface area (Å²) in [6.07, 6.45) is 3.50. The van der Waals surface area contributed by atoms with Crippen LogP contribution in [0.3, 0.4) is 0 Å². The average molecular weight is 433 g/mol. The molecule has 0 amide bonds. The molecule has 0 aliphatic carbocycles. The third-order valence-electron chi connectivity index (χ3n) is 5.10. The molecule has 1 N–H and O–H groups in total. The summed E-state index contributed by atoms with van der Waals surface area (Å²) >= 11 is 9.55. The van der Waals surface area contributed by atoms with Crippen LogP contribution in [0.2, 0.25) is 5.02 Å². The van der Waals surface area contributed by atoms with Gasteiger partial charge in [0, 0.05) is 23.0 Å². The summed E-state index contributed by atoms with van der Waals surface area (Å²) in [5.41, 5.74) is 1.38. The number of nitrogens with zero attached hydrogens (tertiary/aromatic N) is 2. The quantitative estimate of drug-likeness (QED) is 0.480. The summed E-state index contributed by atoms with van der Waals surface area (Å²) in [5.74, 6) is 0.870. The van der Waals surface area contributed by atoms with Crippen LogP contribution in [0.4, 0.5) is 5.13 Å². The first-order valence-electron chi connectivity index (χ1n) is 9.36. The minimum absolute atomic E-state index is 0.357. The van der Waals surface area contributed by atoms with Gasteiger partial charge in [-0.2, -0.15) is 0 Å². The van der Waals surface area contributed by atoms with E-state index in [1.165, 1.54) is 12.8 Å². The van der Waals surface area contributed by atoms with Crippen molar-refractivity contribution in [1.29, 1.82) is 0 Å². The van der Waals surface area contributed by atoms with E-state index in [9.17, 15) is 4.79 Å². The SMILES string of the molecule is O=C(O)c1cccc(SCCC2CCN(c3nc4ccc(Cl)cc4s3)CC2)c1. The predicted molar refractivity (Wildman–Crippen MR) is 118 cm³/mol. The van der Waals surface area contributed by atoms with Gasteiger partial charge in [-0.15, -0.1) is 11.8 Å². The highest BCUT2D eigenvalue weighted by atomic mass is 35.5.